The highest BCUT2D eigenvalue weighted by Gasteiger charge is 2.29. The van der Waals surface area contributed by atoms with Crippen LogP contribution in [0.15, 0.2) is 0 Å². The molecule has 0 spiro atoms. The van der Waals surface area contributed by atoms with Gasteiger partial charge in [-0.1, -0.05) is 20.8 Å². The second-order valence-corrected chi connectivity index (χ2v) is 5.45. The molecule has 1 atom stereocenters. The number of carbonyl (C=O) groups excluding carboxylic acids is 1. The van der Waals surface area contributed by atoms with Gasteiger partial charge in [0.1, 0.15) is 0 Å². The Kier molecular flexibility index (Phi) is 5.29. The largest absolute Gasteiger partial charge is 0.339 e. The van der Waals surface area contributed by atoms with Crippen LogP contribution in [0.4, 0.5) is 0 Å². The zero-order chi connectivity index (χ0) is 12.2. The molecule has 0 radical (unpaired) electrons. The van der Waals surface area contributed by atoms with E-state index in [9.17, 15) is 4.79 Å². The summed E-state index contributed by atoms with van der Waals surface area (Å²) < 4.78 is 0. The maximum absolute atomic E-state index is 12.1. The number of hydrogen-bond acceptors (Lipinski definition) is 2. The maximum Gasteiger partial charge on any atom is 0.228 e. The van der Waals surface area contributed by atoms with Crippen LogP contribution < -0.4 is 0 Å². The summed E-state index contributed by atoms with van der Waals surface area (Å²) in [6, 6.07) is 0.275. The van der Waals surface area contributed by atoms with Gasteiger partial charge in [-0.05, 0) is 27.9 Å². The Labute approximate surface area is 94.4 Å². The van der Waals surface area contributed by atoms with Crippen LogP contribution in [-0.2, 0) is 4.79 Å². The third kappa shape index (κ3) is 4.65. The first-order chi connectivity index (χ1) is 6.70. The van der Waals surface area contributed by atoms with Gasteiger partial charge in [-0.2, -0.15) is 0 Å². The summed E-state index contributed by atoms with van der Waals surface area (Å²) in [7, 11) is 4.07. The van der Waals surface area contributed by atoms with Crippen molar-refractivity contribution in [1.29, 1.82) is 0 Å². The van der Waals surface area contributed by atoms with Crippen LogP contribution in [0.2, 0.25) is 0 Å². The van der Waals surface area contributed by atoms with E-state index in [0.717, 1.165) is 13.1 Å². The molecular formula is C12H26N2O. The Balaban J connectivity index is 4.55. The molecule has 0 aliphatic rings. The molecule has 0 bridgehead atoms. The Morgan fingerprint density at radius 3 is 2.00 bits per heavy atom. The fraction of sp³-hybridized carbons (Fsp3) is 0.917. The zero-order valence-electron chi connectivity index (χ0n) is 11.3. The third-order valence-corrected chi connectivity index (χ3v) is 2.40. The second-order valence-electron chi connectivity index (χ2n) is 5.45. The van der Waals surface area contributed by atoms with E-state index < -0.39 is 0 Å². The molecule has 1 amide bonds. The van der Waals surface area contributed by atoms with Crippen molar-refractivity contribution in [3.05, 3.63) is 0 Å². The molecule has 0 saturated heterocycles. The molecule has 90 valence electrons. The van der Waals surface area contributed by atoms with E-state index in [2.05, 4.69) is 11.8 Å². The van der Waals surface area contributed by atoms with Gasteiger partial charge in [0.2, 0.25) is 5.91 Å². The van der Waals surface area contributed by atoms with Crippen LogP contribution in [-0.4, -0.2) is 48.9 Å². The highest BCUT2D eigenvalue weighted by atomic mass is 16.2. The summed E-state index contributed by atoms with van der Waals surface area (Å²) in [5.74, 6) is 0.236. The lowest BCUT2D eigenvalue weighted by molar-refractivity contribution is -0.141. The fourth-order valence-electron chi connectivity index (χ4n) is 1.71. The molecule has 1 unspecified atom stereocenters. The quantitative estimate of drug-likeness (QED) is 0.713. The number of nitrogens with zero attached hydrogens (tertiary/aromatic N) is 2. The molecule has 0 aliphatic carbocycles. The summed E-state index contributed by atoms with van der Waals surface area (Å²) in [5.41, 5.74) is -0.281. The SMILES string of the molecule is CCN(C(=O)C(C)(C)C)C(C)CN(C)C. The van der Waals surface area contributed by atoms with Gasteiger partial charge >= 0.3 is 0 Å². The maximum atomic E-state index is 12.1. The summed E-state index contributed by atoms with van der Waals surface area (Å²) in [4.78, 5) is 16.2. The lowest BCUT2D eigenvalue weighted by Gasteiger charge is -2.34. The van der Waals surface area contributed by atoms with Crippen molar-refractivity contribution in [3.63, 3.8) is 0 Å². The summed E-state index contributed by atoms with van der Waals surface area (Å²) in [6.07, 6.45) is 0. The first-order valence-electron chi connectivity index (χ1n) is 5.66. The third-order valence-electron chi connectivity index (χ3n) is 2.40. The highest BCUT2D eigenvalue weighted by Crippen LogP contribution is 2.19. The van der Waals surface area contributed by atoms with Crippen LogP contribution in [0.1, 0.15) is 34.6 Å². The van der Waals surface area contributed by atoms with Gasteiger partial charge in [-0.25, -0.2) is 0 Å². The van der Waals surface area contributed by atoms with Crippen molar-refractivity contribution in [3.8, 4) is 0 Å². The Hall–Kier alpha value is -0.570. The molecule has 3 heteroatoms. The monoisotopic (exact) mass is 214 g/mol. The molecule has 0 rings (SSSR count). The Morgan fingerprint density at radius 1 is 1.27 bits per heavy atom. The zero-order valence-corrected chi connectivity index (χ0v) is 11.3. The van der Waals surface area contributed by atoms with E-state index >= 15 is 0 Å². The molecule has 0 heterocycles. The van der Waals surface area contributed by atoms with E-state index in [1.807, 2.05) is 46.7 Å². The smallest absolute Gasteiger partial charge is 0.228 e. The Morgan fingerprint density at radius 2 is 1.73 bits per heavy atom. The number of likely N-dealkylation sites (N-methyl/N-ethyl adjacent to an activating group) is 2. The van der Waals surface area contributed by atoms with Gasteiger partial charge in [0.25, 0.3) is 0 Å². The van der Waals surface area contributed by atoms with Gasteiger partial charge in [-0.3, -0.25) is 4.79 Å². The van der Waals surface area contributed by atoms with Crippen molar-refractivity contribution in [1.82, 2.24) is 9.80 Å². The lowest BCUT2D eigenvalue weighted by atomic mass is 9.94. The van der Waals surface area contributed by atoms with Gasteiger partial charge < -0.3 is 9.80 Å². The first-order valence-corrected chi connectivity index (χ1v) is 5.66. The normalized spacial score (nSPS) is 14.1. The van der Waals surface area contributed by atoms with Crippen LogP contribution in [0.3, 0.4) is 0 Å². The second kappa shape index (κ2) is 5.50. The van der Waals surface area contributed by atoms with Crippen LogP contribution in [0.25, 0.3) is 0 Å². The van der Waals surface area contributed by atoms with Crippen LogP contribution in [0, 0.1) is 5.41 Å². The van der Waals surface area contributed by atoms with E-state index in [1.165, 1.54) is 0 Å². The number of amides is 1. The molecule has 0 aliphatic heterocycles. The Bertz CT molecular complexity index is 206. The van der Waals surface area contributed by atoms with Crippen molar-refractivity contribution in [2.45, 2.75) is 40.7 Å². The van der Waals surface area contributed by atoms with Crippen molar-refractivity contribution in [2.24, 2.45) is 5.41 Å². The minimum Gasteiger partial charge on any atom is -0.339 e. The lowest BCUT2D eigenvalue weighted by Crippen LogP contribution is -2.48. The summed E-state index contributed by atoms with van der Waals surface area (Å²) >= 11 is 0. The van der Waals surface area contributed by atoms with Gasteiger partial charge in [0.05, 0.1) is 0 Å². The van der Waals surface area contributed by atoms with Crippen LogP contribution >= 0.6 is 0 Å². The van der Waals surface area contributed by atoms with Crippen molar-refractivity contribution < 1.29 is 4.79 Å². The molecule has 0 aromatic carbocycles. The number of carbonyl (C=O) groups is 1. The summed E-state index contributed by atoms with van der Waals surface area (Å²) in [5, 5.41) is 0. The average molecular weight is 214 g/mol. The minimum absolute atomic E-state index is 0.236. The predicted octanol–water partition coefficient (Wildman–Crippen LogP) is 1.83. The molecule has 0 saturated carbocycles. The predicted molar refractivity (Wildman–Crippen MR) is 64.9 cm³/mol. The number of rotatable bonds is 4. The molecular weight excluding hydrogens is 188 g/mol. The van der Waals surface area contributed by atoms with Gasteiger partial charge in [0.15, 0.2) is 0 Å². The fourth-order valence-corrected chi connectivity index (χ4v) is 1.71. The van der Waals surface area contributed by atoms with E-state index in [4.69, 9.17) is 0 Å². The van der Waals surface area contributed by atoms with Crippen molar-refractivity contribution in [2.75, 3.05) is 27.2 Å². The van der Waals surface area contributed by atoms with Gasteiger partial charge in [0, 0.05) is 24.5 Å². The molecule has 0 aromatic heterocycles. The van der Waals surface area contributed by atoms with E-state index in [-0.39, 0.29) is 17.4 Å². The molecule has 0 aromatic rings. The average Bonchev–Trinajstić information content (AvgIpc) is 2.01. The molecule has 3 nitrogen and oxygen atoms in total. The minimum atomic E-state index is -0.281. The van der Waals surface area contributed by atoms with Crippen LogP contribution in [0.5, 0.6) is 0 Å². The molecule has 15 heavy (non-hydrogen) atoms. The topological polar surface area (TPSA) is 23.6 Å². The van der Waals surface area contributed by atoms with E-state index in [1.54, 1.807) is 0 Å². The van der Waals surface area contributed by atoms with E-state index in [0.29, 0.717) is 0 Å². The highest BCUT2D eigenvalue weighted by molar-refractivity contribution is 5.81. The number of hydrogen-bond donors (Lipinski definition) is 0. The molecule has 0 fully saturated rings. The standard InChI is InChI=1S/C12H26N2O/c1-8-14(10(2)9-13(6)7)11(15)12(3,4)5/h10H,8-9H2,1-7H3. The van der Waals surface area contributed by atoms with Crippen molar-refractivity contribution >= 4 is 5.91 Å². The van der Waals surface area contributed by atoms with Gasteiger partial charge in [-0.15, -0.1) is 0 Å². The molecule has 0 N–H and O–H groups in total. The first kappa shape index (κ1) is 14.4. The summed E-state index contributed by atoms with van der Waals surface area (Å²) in [6.45, 7) is 11.8.